The molecule has 0 radical (unpaired) electrons. The van der Waals surface area contributed by atoms with Crippen LogP contribution in [0.5, 0.6) is 0 Å². The number of aliphatic hydroxyl groups is 1. The number of urea groups is 1. The number of ketones is 1. The van der Waals surface area contributed by atoms with E-state index in [1.165, 1.54) is 26.2 Å². The van der Waals surface area contributed by atoms with Gasteiger partial charge in [-0.05, 0) is 44.2 Å². The first-order chi connectivity index (χ1) is 11.5. The Bertz CT molecular complexity index is 610. The summed E-state index contributed by atoms with van der Waals surface area (Å²) in [5.41, 5.74) is 1.20. The summed E-state index contributed by atoms with van der Waals surface area (Å²) in [5, 5.41) is 13.0. The number of nitrogens with zero attached hydrogens (tertiary/aromatic N) is 1. The van der Waals surface area contributed by atoms with E-state index in [-0.39, 0.29) is 17.9 Å². The van der Waals surface area contributed by atoms with Gasteiger partial charge in [-0.25, -0.2) is 4.79 Å². The molecule has 1 saturated carbocycles. The van der Waals surface area contributed by atoms with Crippen LogP contribution in [0.1, 0.15) is 55.8 Å². The molecule has 1 heterocycles. The van der Waals surface area contributed by atoms with Gasteiger partial charge in [0.05, 0.1) is 6.10 Å². The minimum atomic E-state index is -0.439. The van der Waals surface area contributed by atoms with Crippen molar-refractivity contribution < 1.29 is 14.7 Å². The fourth-order valence-corrected chi connectivity index (χ4v) is 4.05. The maximum Gasteiger partial charge on any atom is 0.322 e. The Morgan fingerprint density at radius 3 is 2.67 bits per heavy atom. The Kier molecular flexibility index (Phi) is 5.19. The van der Waals surface area contributed by atoms with E-state index < -0.39 is 6.10 Å². The van der Waals surface area contributed by atoms with Crippen molar-refractivity contribution in [2.75, 3.05) is 11.9 Å². The summed E-state index contributed by atoms with van der Waals surface area (Å²) in [5.74, 6) is 0.466. The van der Waals surface area contributed by atoms with E-state index in [4.69, 9.17) is 0 Å². The van der Waals surface area contributed by atoms with Crippen LogP contribution in [0.15, 0.2) is 24.3 Å². The molecule has 3 rings (SSSR count). The van der Waals surface area contributed by atoms with Crippen LogP contribution in [-0.2, 0) is 0 Å². The van der Waals surface area contributed by atoms with E-state index in [1.54, 1.807) is 29.2 Å². The minimum Gasteiger partial charge on any atom is -0.391 e. The molecule has 1 aliphatic carbocycles. The number of carbonyl (C=O) groups excluding carboxylic acids is 2. The van der Waals surface area contributed by atoms with E-state index in [2.05, 4.69) is 5.32 Å². The Hall–Kier alpha value is -1.88. The van der Waals surface area contributed by atoms with Gasteiger partial charge in [0.2, 0.25) is 0 Å². The van der Waals surface area contributed by atoms with Crippen molar-refractivity contribution in [3.05, 3.63) is 29.8 Å². The van der Waals surface area contributed by atoms with Crippen LogP contribution in [0, 0.1) is 5.92 Å². The predicted molar refractivity (Wildman–Crippen MR) is 93.2 cm³/mol. The Morgan fingerprint density at radius 1 is 1.21 bits per heavy atom. The average Bonchev–Trinajstić information content (AvgIpc) is 2.98. The van der Waals surface area contributed by atoms with Crippen LogP contribution < -0.4 is 5.32 Å². The van der Waals surface area contributed by atoms with Gasteiger partial charge in [0.25, 0.3) is 0 Å². The standard InChI is InChI=1S/C19H26N2O3/c1-13(22)15-8-5-9-16(10-15)20-19(24)21-12-17(23)11-18(21)14-6-3-2-4-7-14/h5,8-10,14,17-18,23H,2-4,6-7,11-12H2,1H3,(H,20,24). The number of hydrogen-bond acceptors (Lipinski definition) is 3. The van der Waals surface area contributed by atoms with Gasteiger partial charge in [-0.3, -0.25) is 4.79 Å². The largest absolute Gasteiger partial charge is 0.391 e. The van der Waals surface area contributed by atoms with E-state index >= 15 is 0 Å². The molecule has 2 N–H and O–H groups in total. The molecule has 5 heteroatoms. The zero-order chi connectivity index (χ0) is 17.1. The highest BCUT2D eigenvalue weighted by atomic mass is 16.3. The van der Waals surface area contributed by atoms with Crippen molar-refractivity contribution in [3.8, 4) is 0 Å². The number of Topliss-reactive ketones (excluding diaryl/α,β-unsaturated/α-hetero) is 1. The summed E-state index contributed by atoms with van der Waals surface area (Å²) in [6.07, 6.45) is 6.22. The Balaban J connectivity index is 1.70. The molecule has 130 valence electrons. The monoisotopic (exact) mass is 330 g/mol. The highest BCUT2D eigenvalue weighted by Gasteiger charge is 2.39. The molecule has 2 unspecified atom stereocenters. The molecule has 0 aromatic heterocycles. The summed E-state index contributed by atoms with van der Waals surface area (Å²) in [6.45, 7) is 1.90. The average molecular weight is 330 g/mol. The fourth-order valence-electron chi connectivity index (χ4n) is 4.05. The normalized spacial score (nSPS) is 24.8. The van der Waals surface area contributed by atoms with Gasteiger partial charge in [0, 0.05) is 23.8 Å². The van der Waals surface area contributed by atoms with Crippen LogP contribution in [0.4, 0.5) is 10.5 Å². The second kappa shape index (κ2) is 7.34. The summed E-state index contributed by atoms with van der Waals surface area (Å²) >= 11 is 0. The zero-order valence-corrected chi connectivity index (χ0v) is 14.2. The number of aliphatic hydroxyl groups excluding tert-OH is 1. The smallest absolute Gasteiger partial charge is 0.322 e. The van der Waals surface area contributed by atoms with Crippen LogP contribution in [-0.4, -0.2) is 40.5 Å². The number of anilines is 1. The summed E-state index contributed by atoms with van der Waals surface area (Å²) in [7, 11) is 0. The molecule has 0 bridgehead atoms. The number of carbonyl (C=O) groups is 2. The van der Waals surface area contributed by atoms with Gasteiger partial charge in [-0.2, -0.15) is 0 Å². The maximum absolute atomic E-state index is 12.7. The maximum atomic E-state index is 12.7. The first-order valence-electron chi connectivity index (χ1n) is 8.91. The van der Waals surface area contributed by atoms with Crippen molar-refractivity contribution >= 4 is 17.5 Å². The van der Waals surface area contributed by atoms with Crippen molar-refractivity contribution in [2.24, 2.45) is 5.92 Å². The molecule has 1 aromatic rings. The van der Waals surface area contributed by atoms with Crippen LogP contribution in [0.25, 0.3) is 0 Å². The quantitative estimate of drug-likeness (QED) is 0.834. The second-order valence-corrected chi connectivity index (χ2v) is 7.07. The topological polar surface area (TPSA) is 69.6 Å². The summed E-state index contributed by atoms with van der Waals surface area (Å²) in [4.78, 5) is 26.0. The summed E-state index contributed by atoms with van der Waals surface area (Å²) < 4.78 is 0. The molecule has 5 nitrogen and oxygen atoms in total. The number of rotatable bonds is 3. The van der Waals surface area contributed by atoms with Gasteiger partial charge < -0.3 is 15.3 Å². The van der Waals surface area contributed by atoms with Crippen molar-refractivity contribution in [1.29, 1.82) is 0 Å². The molecule has 2 aliphatic rings. The van der Waals surface area contributed by atoms with Gasteiger partial charge in [-0.1, -0.05) is 31.4 Å². The number of likely N-dealkylation sites (tertiary alicyclic amines) is 1. The van der Waals surface area contributed by atoms with Crippen LogP contribution >= 0.6 is 0 Å². The number of hydrogen-bond donors (Lipinski definition) is 2. The lowest BCUT2D eigenvalue weighted by atomic mass is 9.83. The van der Waals surface area contributed by atoms with Gasteiger partial charge in [0.1, 0.15) is 0 Å². The Labute approximate surface area is 143 Å². The number of amides is 2. The van der Waals surface area contributed by atoms with E-state index in [0.717, 1.165) is 12.8 Å². The van der Waals surface area contributed by atoms with Gasteiger partial charge in [0.15, 0.2) is 5.78 Å². The molecule has 24 heavy (non-hydrogen) atoms. The SMILES string of the molecule is CC(=O)c1cccc(NC(=O)N2CC(O)CC2C2CCCCC2)c1. The molecule has 2 fully saturated rings. The van der Waals surface area contributed by atoms with Crippen LogP contribution in [0.3, 0.4) is 0 Å². The highest BCUT2D eigenvalue weighted by Crippen LogP contribution is 2.34. The third-order valence-corrected chi connectivity index (χ3v) is 5.30. The molecular weight excluding hydrogens is 304 g/mol. The summed E-state index contributed by atoms with van der Waals surface area (Å²) in [6, 6.07) is 6.93. The predicted octanol–water partition coefficient (Wildman–Crippen LogP) is 3.44. The fraction of sp³-hybridized carbons (Fsp3) is 0.579. The zero-order valence-electron chi connectivity index (χ0n) is 14.2. The third kappa shape index (κ3) is 3.78. The number of benzene rings is 1. The molecule has 1 aromatic carbocycles. The molecule has 1 aliphatic heterocycles. The van der Waals surface area contributed by atoms with Gasteiger partial charge >= 0.3 is 6.03 Å². The van der Waals surface area contributed by atoms with Crippen molar-refractivity contribution in [2.45, 2.75) is 57.6 Å². The Morgan fingerprint density at radius 2 is 1.96 bits per heavy atom. The lowest BCUT2D eigenvalue weighted by molar-refractivity contribution is 0.101. The van der Waals surface area contributed by atoms with Crippen molar-refractivity contribution in [1.82, 2.24) is 4.90 Å². The van der Waals surface area contributed by atoms with Crippen molar-refractivity contribution in [3.63, 3.8) is 0 Å². The highest BCUT2D eigenvalue weighted by molar-refractivity contribution is 5.96. The van der Waals surface area contributed by atoms with E-state index in [0.29, 0.717) is 30.1 Å². The lowest BCUT2D eigenvalue weighted by Gasteiger charge is -2.33. The minimum absolute atomic E-state index is 0.0252. The molecule has 2 atom stereocenters. The van der Waals surface area contributed by atoms with E-state index in [1.807, 2.05) is 0 Å². The van der Waals surface area contributed by atoms with E-state index in [9.17, 15) is 14.7 Å². The van der Waals surface area contributed by atoms with Gasteiger partial charge in [-0.15, -0.1) is 0 Å². The first kappa shape index (κ1) is 17.0. The number of β-amino-alcohol motifs (C(OH)–C–C–N with tert-alkyl or cyclic N) is 1. The second-order valence-electron chi connectivity index (χ2n) is 7.07. The van der Waals surface area contributed by atoms with Crippen LogP contribution in [0.2, 0.25) is 0 Å². The third-order valence-electron chi connectivity index (χ3n) is 5.30. The molecule has 0 spiro atoms. The lowest BCUT2D eigenvalue weighted by Crippen LogP contribution is -2.43. The molecular formula is C19H26N2O3. The molecule has 1 saturated heterocycles. The number of nitrogens with one attached hydrogen (secondary N) is 1. The first-order valence-corrected chi connectivity index (χ1v) is 8.91. The molecule has 2 amide bonds.